The SMILES string of the molecule is CCCNC(CCN(C)C)c1cncc(OC(C)C)c1. The van der Waals surface area contributed by atoms with Crippen molar-refractivity contribution in [2.45, 2.75) is 45.8 Å². The molecule has 1 heterocycles. The van der Waals surface area contributed by atoms with Crippen molar-refractivity contribution in [3.63, 3.8) is 0 Å². The van der Waals surface area contributed by atoms with Crippen molar-refractivity contribution >= 4 is 0 Å². The summed E-state index contributed by atoms with van der Waals surface area (Å²) in [5, 5.41) is 3.60. The lowest BCUT2D eigenvalue weighted by molar-refractivity contribution is 0.241. The molecule has 1 rings (SSSR count). The third-order valence-electron chi connectivity index (χ3n) is 3.01. The Morgan fingerprint density at radius 2 is 2.05 bits per heavy atom. The van der Waals surface area contributed by atoms with E-state index in [-0.39, 0.29) is 6.10 Å². The summed E-state index contributed by atoms with van der Waals surface area (Å²) in [5.74, 6) is 0.852. The topological polar surface area (TPSA) is 37.4 Å². The smallest absolute Gasteiger partial charge is 0.138 e. The van der Waals surface area contributed by atoms with Crippen molar-refractivity contribution in [3.8, 4) is 5.75 Å². The summed E-state index contributed by atoms with van der Waals surface area (Å²) >= 11 is 0. The van der Waals surface area contributed by atoms with Gasteiger partial charge < -0.3 is 15.0 Å². The Hall–Kier alpha value is -1.13. The molecule has 0 aromatic carbocycles. The summed E-state index contributed by atoms with van der Waals surface area (Å²) in [6, 6.07) is 2.44. The average molecular weight is 279 g/mol. The van der Waals surface area contributed by atoms with E-state index in [0.29, 0.717) is 6.04 Å². The van der Waals surface area contributed by atoms with E-state index in [2.05, 4.69) is 42.3 Å². The maximum Gasteiger partial charge on any atom is 0.138 e. The molecule has 4 heteroatoms. The summed E-state index contributed by atoms with van der Waals surface area (Å²) in [5.41, 5.74) is 1.21. The molecule has 1 N–H and O–H groups in total. The van der Waals surface area contributed by atoms with Crippen LogP contribution in [0.25, 0.3) is 0 Å². The van der Waals surface area contributed by atoms with Crippen molar-refractivity contribution in [2.75, 3.05) is 27.2 Å². The number of hydrogen-bond acceptors (Lipinski definition) is 4. The Bertz CT molecular complexity index is 380. The molecule has 0 radical (unpaired) electrons. The van der Waals surface area contributed by atoms with E-state index in [1.807, 2.05) is 20.0 Å². The van der Waals surface area contributed by atoms with Gasteiger partial charge in [0, 0.05) is 12.2 Å². The first-order valence-corrected chi connectivity index (χ1v) is 7.52. The maximum absolute atomic E-state index is 5.73. The van der Waals surface area contributed by atoms with E-state index in [0.717, 1.165) is 31.7 Å². The van der Waals surface area contributed by atoms with Gasteiger partial charge in [0.05, 0.1) is 12.3 Å². The lowest BCUT2D eigenvalue weighted by atomic mass is 10.1. The molecule has 20 heavy (non-hydrogen) atoms. The van der Waals surface area contributed by atoms with Crippen LogP contribution in [-0.2, 0) is 0 Å². The van der Waals surface area contributed by atoms with E-state index in [1.165, 1.54) is 5.56 Å². The fraction of sp³-hybridized carbons (Fsp3) is 0.688. The Kier molecular flexibility index (Phi) is 7.55. The molecule has 1 aromatic rings. The lowest BCUT2D eigenvalue weighted by Crippen LogP contribution is -2.26. The van der Waals surface area contributed by atoms with Crippen LogP contribution in [0.2, 0.25) is 0 Å². The molecule has 1 unspecified atom stereocenters. The quantitative estimate of drug-likeness (QED) is 0.754. The van der Waals surface area contributed by atoms with Gasteiger partial charge in [-0.25, -0.2) is 0 Å². The third kappa shape index (κ3) is 6.35. The minimum Gasteiger partial charge on any atom is -0.489 e. The Labute approximate surface area is 123 Å². The highest BCUT2D eigenvalue weighted by Crippen LogP contribution is 2.21. The van der Waals surface area contributed by atoms with E-state index in [4.69, 9.17) is 4.74 Å². The Balaban J connectivity index is 2.77. The molecular weight excluding hydrogens is 250 g/mol. The van der Waals surface area contributed by atoms with Crippen LogP contribution in [0.5, 0.6) is 5.75 Å². The fourth-order valence-electron chi connectivity index (χ4n) is 2.06. The number of hydrogen-bond donors (Lipinski definition) is 1. The largest absolute Gasteiger partial charge is 0.489 e. The molecule has 0 amide bonds. The molecule has 114 valence electrons. The Morgan fingerprint density at radius 1 is 1.30 bits per heavy atom. The summed E-state index contributed by atoms with van der Waals surface area (Å²) in [6.07, 6.45) is 6.10. The molecule has 0 bridgehead atoms. The first-order valence-electron chi connectivity index (χ1n) is 7.52. The summed E-state index contributed by atoms with van der Waals surface area (Å²) in [4.78, 5) is 6.53. The van der Waals surface area contributed by atoms with Crippen molar-refractivity contribution in [3.05, 3.63) is 24.0 Å². The maximum atomic E-state index is 5.73. The zero-order valence-corrected chi connectivity index (χ0v) is 13.5. The summed E-state index contributed by atoms with van der Waals surface area (Å²) in [7, 11) is 4.21. The summed E-state index contributed by atoms with van der Waals surface area (Å²) in [6.45, 7) is 8.33. The number of nitrogens with one attached hydrogen (secondary N) is 1. The van der Waals surface area contributed by atoms with Crippen LogP contribution < -0.4 is 10.1 Å². The first-order chi connectivity index (χ1) is 9.52. The predicted octanol–water partition coefficient (Wildman–Crippen LogP) is 2.86. The van der Waals surface area contributed by atoms with Gasteiger partial charge in [-0.1, -0.05) is 6.92 Å². The molecule has 0 spiro atoms. The zero-order valence-electron chi connectivity index (χ0n) is 13.5. The van der Waals surface area contributed by atoms with Crippen molar-refractivity contribution in [1.29, 1.82) is 0 Å². The van der Waals surface area contributed by atoms with E-state index >= 15 is 0 Å². The third-order valence-corrected chi connectivity index (χ3v) is 3.01. The van der Waals surface area contributed by atoms with Crippen LogP contribution in [-0.4, -0.2) is 43.2 Å². The van der Waals surface area contributed by atoms with Gasteiger partial charge in [-0.3, -0.25) is 4.98 Å². The van der Waals surface area contributed by atoms with Gasteiger partial charge in [-0.15, -0.1) is 0 Å². The molecule has 0 aliphatic carbocycles. The number of pyridine rings is 1. The number of ether oxygens (including phenoxy) is 1. The zero-order chi connectivity index (χ0) is 15.0. The number of rotatable bonds is 9. The minimum atomic E-state index is 0.177. The monoisotopic (exact) mass is 279 g/mol. The van der Waals surface area contributed by atoms with Crippen molar-refractivity contribution in [2.24, 2.45) is 0 Å². The molecular formula is C16H29N3O. The van der Waals surface area contributed by atoms with Gasteiger partial charge in [0.1, 0.15) is 5.75 Å². The lowest BCUT2D eigenvalue weighted by Gasteiger charge is -2.21. The standard InChI is InChI=1S/C16H29N3O/c1-6-8-18-16(7-9-19(4)5)14-10-15(12-17-11-14)20-13(2)3/h10-13,16,18H,6-9H2,1-5H3. The van der Waals surface area contributed by atoms with E-state index in [9.17, 15) is 0 Å². The molecule has 0 aliphatic heterocycles. The Morgan fingerprint density at radius 3 is 2.65 bits per heavy atom. The second-order valence-corrected chi connectivity index (χ2v) is 5.72. The fourth-order valence-corrected chi connectivity index (χ4v) is 2.06. The highest BCUT2D eigenvalue weighted by molar-refractivity contribution is 5.26. The van der Waals surface area contributed by atoms with Gasteiger partial charge in [-0.05, 0) is 65.5 Å². The van der Waals surface area contributed by atoms with Crippen LogP contribution in [0.4, 0.5) is 0 Å². The van der Waals surface area contributed by atoms with Crippen molar-refractivity contribution in [1.82, 2.24) is 15.2 Å². The van der Waals surface area contributed by atoms with Crippen LogP contribution >= 0.6 is 0 Å². The predicted molar refractivity (Wildman–Crippen MR) is 84.2 cm³/mol. The average Bonchev–Trinajstić information content (AvgIpc) is 2.38. The molecule has 0 aliphatic rings. The highest BCUT2D eigenvalue weighted by atomic mass is 16.5. The van der Waals surface area contributed by atoms with Gasteiger partial charge in [0.15, 0.2) is 0 Å². The molecule has 1 aromatic heterocycles. The second kappa shape index (κ2) is 8.93. The summed E-state index contributed by atoms with van der Waals surface area (Å²) < 4.78 is 5.73. The highest BCUT2D eigenvalue weighted by Gasteiger charge is 2.12. The molecule has 4 nitrogen and oxygen atoms in total. The van der Waals surface area contributed by atoms with Crippen molar-refractivity contribution < 1.29 is 4.74 Å². The van der Waals surface area contributed by atoms with E-state index < -0.39 is 0 Å². The van der Waals surface area contributed by atoms with Gasteiger partial charge in [-0.2, -0.15) is 0 Å². The van der Waals surface area contributed by atoms with Crippen LogP contribution in [0, 0.1) is 0 Å². The number of aromatic nitrogens is 1. The molecule has 0 saturated carbocycles. The van der Waals surface area contributed by atoms with E-state index in [1.54, 1.807) is 6.20 Å². The molecule has 0 saturated heterocycles. The molecule has 0 fully saturated rings. The first kappa shape index (κ1) is 16.9. The van der Waals surface area contributed by atoms with Crippen LogP contribution in [0.15, 0.2) is 18.5 Å². The van der Waals surface area contributed by atoms with Gasteiger partial charge in [0.2, 0.25) is 0 Å². The second-order valence-electron chi connectivity index (χ2n) is 5.72. The van der Waals surface area contributed by atoms with Gasteiger partial charge >= 0.3 is 0 Å². The van der Waals surface area contributed by atoms with Gasteiger partial charge in [0.25, 0.3) is 0 Å². The van der Waals surface area contributed by atoms with Crippen LogP contribution in [0.3, 0.4) is 0 Å². The van der Waals surface area contributed by atoms with Crippen LogP contribution in [0.1, 0.15) is 45.2 Å². The normalized spacial score (nSPS) is 12.9. The minimum absolute atomic E-state index is 0.177. The molecule has 1 atom stereocenters. The number of nitrogens with zero attached hydrogens (tertiary/aromatic N) is 2.